The molecule has 9 heavy (non-hydrogen) atoms. The van der Waals surface area contributed by atoms with Crippen molar-refractivity contribution in [3.05, 3.63) is 22.8 Å². The van der Waals surface area contributed by atoms with E-state index in [9.17, 15) is 0 Å². The van der Waals surface area contributed by atoms with E-state index in [-0.39, 0.29) is 0 Å². The van der Waals surface area contributed by atoms with E-state index in [2.05, 4.69) is 27.0 Å². The zero-order valence-corrected chi connectivity index (χ0v) is 6.47. The molecule has 0 aliphatic rings. The summed E-state index contributed by atoms with van der Waals surface area (Å²) in [6.07, 6.45) is 1.66. The molecule has 1 aromatic rings. The smallest absolute Gasteiger partial charge is 0.221 e. The van der Waals surface area contributed by atoms with Crippen molar-refractivity contribution >= 4 is 15.9 Å². The number of aromatic nitrogens is 1. The predicted molar refractivity (Wildman–Crippen MR) is 37.3 cm³/mol. The Morgan fingerprint density at radius 3 is 3.00 bits per heavy atom. The molecular formula is C6H5BrNO. The van der Waals surface area contributed by atoms with Crippen LogP contribution >= 0.6 is 15.9 Å². The van der Waals surface area contributed by atoms with Crippen LogP contribution in [0.1, 0.15) is 0 Å². The van der Waals surface area contributed by atoms with Crippen LogP contribution in [0.4, 0.5) is 0 Å². The predicted octanol–water partition coefficient (Wildman–Crippen LogP) is 1.65. The fraction of sp³-hybridized carbons (Fsp3) is 0.167. The van der Waals surface area contributed by atoms with Crippen molar-refractivity contribution in [3.63, 3.8) is 0 Å². The van der Waals surface area contributed by atoms with Crippen LogP contribution in [0.2, 0.25) is 0 Å². The van der Waals surface area contributed by atoms with Gasteiger partial charge < -0.3 is 4.74 Å². The Morgan fingerprint density at radius 2 is 2.56 bits per heavy atom. The van der Waals surface area contributed by atoms with Crippen molar-refractivity contribution in [2.45, 2.75) is 0 Å². The molecule has 0 amide bonds. The number of ether oxygens (including phenoxy) is 1. The molecule has 0 N–H and O–H groups in total. The summed E-state index contributed by atoms with van der Waals surface area (Å²) in [5.41, 5.74) is 0. The maximum atomic E-state index is 4.78. The number of rotatable bonds is 1. The molecule has 0 atom stereocenters. The molecule has 47 valence electrons. The van der Waals surface area contributed by atoms with Crippen LogP contribution in [-0.4, -0.2) is 12.1 Å². The largest absolute Gasteiger partial charge is 0.481 e. The molecule has 0 aromatic carbocycles. The maximum Gasteiger partial charge on any atom is 0.221 e. The first-order chi connectivity index (χ1) is 4.33. The quantitative estimate of drug-likeness (QED) is 0.666. The molecule has 1 heterocycles. The Labute approximate surface area is 62.0 Å². The molecular weight excluding hydrogens is 182 g/mol. The van der Waals surface area contributed by atoms with Crippen molar-refractivity contribution in [2.24, 2.45) is 0 Å². The molecule has 0 bridgehead atoms. The first kappa shape index (κ1) is 6.55. The van der Waals surface area contributed by atoms with Crippen molar-refractivity contribution < 1.29 is 4.74 Å². The van der Waals surface area contributed by atoms with E-state index in [1.54, 1.807) is 19.4 Å². The molecule has 0 saturated heterocycles. The standard InChI is InChI=1S/C6H5BrNO/c1-9-6-3-2-5(7)4-8-6/h2,4H,1H3. The Morgan fingerprint density at radius 1 is 1.78 bits per heavy atom. The lowest BCUT2D eigenvalue weighted by atomic mass is 10.5. The number of nitrogens with zero attached hydrogens (tertiary/aromatic N) is 1. The number of pyridine rings is 1. The van der Waals surface area contributed by atoms with Crippen molar-refractivity contribution in [3.8, 4) is 5.88 Å². The van der Waals surface area contributed by atoms with Gasteiger partial charge in [-0.15, -0.1) is 0 Å². The molecule has 0 unspecified atom stereocenters. The Hall–Kier alpha value is -0.570. The first-order valence-corrected chi connectivity index (χ1v) is 3.19. The zero-order chi connectivity index (χ0) is 6.69. The van der Waals surface area contributed by atoms with Gasteiger partial charge in [0.2, 0.25) is 5.88 Å². The molecule has 0 aliphatic carbocycles. The third-order valence-electron chi connectivity index (χ3n) is 0.832. The van der Waals surface area contributed by atoms with E-state index in [0.717, 1.165) is 4.47 Å². The van der Waals surface area contributed by atoms with Crippen LogP contribution in [0.15, 0.2) is 16.7 Å². The third kappa shape index (κ3) is 1.68. The monoisotopic (exact) mass is 186 g/mol. The highest BCUT2D eigenvalue weighted by molar-refractivity contribution is 9.10. The van der Waals surface area contributed by atoms with Crippen molar-refractivity contribution in [2.75, 3.05) is 7.11 Å². The zero-order valence-electron chi connectivity index (χ0n) is 4.89. The highest BCUT2D eigenvalue weighted by atomic mass is 79.9. The lowest BCUT2D eigenvalue weighted by Crippen LogP contribution is -1.84. The van der Waals surface area contributed by atoms with Crippen LogP contribution in [0.3, 0.4) is 0 Å². The van der Waals surface area contributed by atoms with Gasteiger partial charge in [-0.1, -0.05) is 0 Å². The van der Waals surface area contributed by atoms with E-state index in [4.69, 9.17) is 4.74 Å². The second-order valence-corrected chi connectivity index (χ2v) is 2.36. The second-order valence-electron chi connectivity index (χ2n) is 1.44. The van der Waals surface area contributed by atoms with Gasteiger partial charge in [0, 0.05) is 10.7 Å². The lowest BCUT2D eigenvalue weighted by Gasteiger charge is -1.94. The summed E-state index contributed by atoms with van der Waals surface area (Å²) in [5.74, 6) is 0.512. The van der Waals surface area contributed by atoms with E-state index in [1.807, 2.05) is 0 Å². The highest BCUT2D eigenvalue weighted by Crippen LogP contribution is 2.10. The minimum atomic E-state index is 0.512. The van der Waals surface area contributed by atoms with Gasteiger partial charge in [0.15, 0.2) is 0 Å². The molecule has 0 saturated carbocycles. The fourth-order valence-corrected chi connectivity index (χ4v) is 0.654. The average molecular weight is 187 g/mol. The van der Waals surface area contributed by atoms with E-state index in [1.165, 1.54) is 0 Å². The van der Waals surface area contributed by atoms with E-state index in [0.29, 0.717) is 5.88 Å². The Kier molecular flexibility index (Phi) is 2.05. The Bertz CT molecular complexity index is 185. The molecule has 1 radical (unpaired) electrons. The summed E-state index contributed by atoms with van der Waals surface area (Å²) in [5, 5.41) is 0. The van der Waals surface area contributed by atoms with E-state index < -0.39 is 0 Å². The van der Waals surface area contributed by atoms with Crippen molar-refractivity contribution in [1.29, 1.82) is 0 Å². The molecule has 0 aliphatic heterocycles. The normalized spacial score (nSPS) is 9.11. The maximum absolute atomic E-state index is 4.78. The SMILES string of the molecule is COc1[c]cc(Br)cn1. The Balaban J connectivity index is 2.88. The fourth-order valence-electron chi connectivity index (χ4n) is 0.437. The van der Waals surface area contributed by atoms with Crippen molar-refractivity contribution in [1.82, 2.24) is 4.98 Å². The summed E-state index contributed by atoms with van der Waals surface area (Å²) < 4.78 is 5.69. The third-order valence-corrected chi connectivity index (χ3v) is 1.27. The summed E-state index contributed by atoms with van der Waals surface area (Å²) >= 11 is 3.23. The first-order valence-electron chi connectivity index (χ1n) is 2.40. The number of hydrogen-bond donors (Lipinski definition) is 0. The molecule has 1 aromatic heterocycles. The van der Waals surface area contributed by atoms with Crippen LogP contribution < -0.4 is 4.74 Å². The molecule has 0 spiro atoms. The van der Waals surface area contributed by atoms with Gasteiger partial charge in [-0.05, 0) is 22.0 Å². The molecule has 3 heteroatoms. The minimum absolute atomic E-state index is 0.512. The number of hydrogen-bond acceptors (Lipinski definition) is 2. The van der Waals surface area contributed by atoms with Gasteiger partial charge in [-0.2, -0.15) is 0 Å². The number of methoxy groups -OCH3 is 1. The van der Waals surface area contributed by atoms with Gasteiger partial charge in [0.05, 0.1) is 13.2 Å². The summed E-state index contributed by atoms with van der Waals surface area (Å²) in [6, 6.07) is 4.56. The average Bonchev–Trinajstić information content (AvgIpc) is 1.90. The van der Waals surface area contributed by atoms with Crippen LogP contribution in [-0.2, 0) is 0 Å². The van der Waals surface area contributed by atoms with Crippen LogP contribution in [0.25, 0.3) is 0 Å². The summed E-state index contributed by atoms with van der Waals surface area (Å²) in [4.78, 5) is 3.87. The van der Waals surface area contributed by atoms with E-state index >= 15 is 0 Å². The summed E-state index contributed by atoms with van der Waals surface area (Å²) in [7, 11) is 1.56. The second kappa shape index (κ2) is 2.82. The molecule has 1 rings (SSSR count). The van der Waals surface area contributed by atoms with Gasteiger partial charge in [0.1, 0.15) is 0 Å². The molecule has 0 fully saturated rings. The lowest BCUT2D eigenvalue weighted by molar-refractivity contribution is 0.397. The summed E-state index contributed by atoms with van der Waals surface area (Å²) in [6.45, 7) is 0. The number of halogens is 1. The molecule has 2 nitrogen and oxygen atoms in total. The highest BCUT2D eigenvalue weighted by Gasteiger charge is 1.89. The van der Waals surface area contributed by atoms with Crippen LogP contribution in [0.5, 0.6) is 5.88 Å². The van der Waals surface area contributed by atoms with Crippen LogP contribution in [0, 0.1) is 6.07 Å². The van der Waals surface area contributed by atoms with Gasteiger partial charge in [-0.3, -0.25) is 0 Å². The van der Waals surface area contributed by atoms with Gasteiger partial charge in [-0.25, -0.2) is 4.98 Å². The van der Waals surface area contributed by atoms with Gasteiger partial charge >= 0.3 is 0 Å². The van der Waals surface area contributed by atoms with Gasteiger partial charge in [0.25, 0.3) is 0 Å². The topological polar surface area (TPSA) is 22.1 Å². The minimum Gasteiger partial charge on any atom is -0.481 e.